The fraction of sp³-hybridized carbons (Fsp3) is 0.529. The van der Waals surface area contributed by atoms with Gasteiger partial charge >= 0.3 is 6.03 Å². The molecule has 2 aliphatic rings. The topological polar surface area (TPSA) is 52.7 Å². The SMILES string of the molecule is CC(=O)N1CCCC(CNC(=O)N2CCc3cc(F)ccc32)C1. The summed E-state index contributed by atoms with van der Waals surface area (Å²) in [6.07, 6.45) is 2.68. The smallest absolute Gasteiger partial charge is 0.321 e. The fourth-order valence-corrected chi connectivity index (χ4v) is 3.43. The largest absolute Gasteiger partial charge is 0.343 e. The zero-order valence-corrected chi connectivity index (χ0v) is 13.3. The quantitative estimate of drug-likeness (QED) is 0.908. The summed E-state index contributed by atoms with van der Waals surface area (Å²) in [5.74, 6) is 0.126. The second-order valence-electron chi connectivity index (χ2n) is 6.33. The van der Waals surface area contributed by atoms with E-state index < -0.39 is 0 Å². The summed E-state index contributed by atoms with van der Waals surface area (Å²) >= 11 is 0. The molecular formula is C17H22FN3O2. The van der Waals surface area contributed by atoms with E-state index in [9.17, 15) is 14.0 Å². The van der Waals surface area contributed by atoms with Crippen LogP contribution in [-0.4, -0.2) is 43.0 Å². The Morgan fingerprint density at radius 1 is 1.35 bits per heavy atom. The first-order valence-electron chi connectivity index (χ1n) is 8.14. The van der Waals surface area contributed by atoms with Crippen LogP contribution in [0.4, 0.5) is 14.9 Å². The maximum absolute atomic E-state index is 13.2. The summed E-state index contributed by atoms with van der Waals surface area (Å²) in [4.78, 5) is 27.4. The molecule has 2 aliphatic heterocycles. The van der Waals surface area contributed by atoms with Gasteiger partial charge in [0.1, 0.15) is 5.82 Å². The average Bonchev–Trinajstić information content (AvgIpc) is 2.95. The van der Waals surface area contributed by atoms with Gasteiger partial charge in [0.15, 0.2) is 0 Å². The molecule has 124 valence electrons. The van der Waals surface area contributed by atoms with E-state index in [1.807, 2.05) is 4.90 Å². The number of carbonyl (C=O) groups excluding carboxylic acids is 2. The Hall–Kier alpha value is -2.11. The number of amides is 3. The van der Waals surface area contributed by atoms with Crippen LogP contribution in [0.1, 0.15) is 25.3 Å². The summed E-state index contributed by atoms with van der Waals surface area (Å²) in [5.41, 5.74) is 1.67. The minimum Gasteiger partial charge on any atom is -0.343 e. The molecule has 0 spiro atoms. The molecule has 0 aromatic heterocycles. The lowest BCUT2D eigenvalue weighted by Gasteiger charge is -2.32. The summed E-state index contributed by atoms with van der Waals surface area (Å²) < 4.78 is 13.2. The Morgan fingerprint density at radius 3 is 2.96 bits per heavy atom. The van der Waals surface area contributed by atoms with E-state index in [-0.39, 0.29) is 17.8 Å². The van der Waals surface area contributed by atoms with Crippen molar-refractivity contribution in [2.75, 3.05) is 31.1 Å². The van der Waals surface area contributed by atoms with E-state index in [0.717, 1.165) is 30.6 Å². The average molecular weight is 319 g/mol. The minimum atomic E-state index is -0.266. The van der Waals surface area contributed by atoms with Crippen molar-refractivity contribution in [3.63, 3.8) is 0 Å². The van der Waals surface area contributed by atoms with Crippen molar-refractivity contribution in [2.45, 2.75) is 26.2 Å². The van der Waals surface area contributed by atoms with Crippen LogP contribution in [0.15, 0.2) is 18.2 Å². The van der Waals surface area contributed by atoms with E-state index in [2.05, 4.69) is 5.32 Å². The number of hydrogen-bond acceptors (Lipinski definition) is 2. The van der Waals surface area contributed by atoms with Crippen LogP contribution in [0.3, 0.4) is 0 Å². The Kier molecular flexibility index (Phi) is 4.50. The molecule has 3 rings (SSSR count). The predicted octanol–water partition coefficient (Wildman–Crippen LogP) is 2.16. The summed E-state index contributed by atoms with van der Waals surface area (Å²) in [6.45, 7) is 4.24. The number of rotatable bonds is 2. The summed E-state index contributed by atoms with van der Waals surface area (Å²) in [6, 6.07) is 4.40. The first-order valence-corrected chi connectivity index (χ1v) is 8.14. The fourth-order valence-electron chi connectivity index (χ4n) is 3.43. The number of halogens is 1. The van der Waals surface area contributed by atoms with Gasteiger partial charge in [-0.25, -0.2) is 9.18 Å². The number of benzene rings is 1. The Balaban J connectivity index is 1.56. The molecule has 1 atom stereocenters. The van der Waals surface area contributed by atoms with Gasteiger partial charge in [-0.05, 0) is 48.9 Å². The van der Waals surface area contributed by atoms with Gasteiger partial charge in [-0.1, -0.05) is 0 Å². The van der Waals surface area contributed by atoms with E-state index in [1.54, 1.807) is 17.9 Å². The molecule has 0 aliphatic carbocycles. The number of nitrogens with zero attached hydrogens (tertiary/aromatic N) is 2. The molecule has 1 unspecified atom stereocenters. The zero-order valence-electron chi connectivity index (χ0n) is 13.3. The van der Waals surface area contributed by atoms with Crippen molar-refractivity contribution in [3.05, 3.63) is 29.6 Å². The Labute approximate surface area is 135 Å². The van der Waals surface area contributed by atoms with Crippen molar-refractivity contribution in [2.24, 2.45) is 5.92 Å². The first kappa shape index (κ1) is 15.8. The number of fused-ring (bicyclic) bond motifs is 1. The number of nitrogens with one attached hydrogen (secondary N) is 1. The molecule has 1 N–H and O–H groups in total. The van der Waals surface area contributed by atoms with Crippen molar-refractivity contribution < 1.29 is 14.0 Å². The molecule has 6 heteroatoms. The minimum absolute atomic E-state index is 0.0940. The third-order valence-electron chi connectivity index (χ3n) is 4.69. The predicted molar refractivity (Wildman–Crippen MR) is 85.8 cm³/mol. The molecule has 1 aromatic carbocycles. The van der Waals surface area contributed by atoms with Crippen LogP contribution in [-0.2, 0) is 11.2 Å². The maximum Gasteiger partial charge on any atom is 0.321 e. The van der Waals surface area contributed by atoms with Gasteiger partial charge < -0.3 is 10.2 Å². The second kappa shape index (κ2) is 6.56. The second-order valence-corrected chi connectivity index (χ2v) is 6.33. The Morgan fingerprint density at radius 2 is 2.17 bits per heavy atom. The summed E-state index contributed by atoms with van der Waals surface area (Å²) in [7, 11) is 0. The van der Waals surface area contributed by atoms with Crippen LogP contribution in [0.2, 0.25) is 0 Å². The van der Waals surface area contributed by atoms with E-state index in [1.165, 1.54) is 12.1 Å². The Bertz CT molecular complexity index is 620. The van der Waals surface area contributed by atoms with Crippen molar-refractivity contribution >= 4 is 17.6 Å². The molecule has 0 saturated carbocycles. The first-order chi connectivity index (χ1) is 11.0. The van der Waals surface area contributed by atoms with Gasteiger partial charge in [-0.15, -0.1) is 0 Å². The van der Waals surface area contributed by atoms with Crippen molar-refractivity contribution in [1.29, 1.82) is 0 Å². The number of piperidine rings is 1. The van der Waals surface area contributed by atoms with Crippen molar-refractivity contribution in [1.82, 2.24) is 10.2 Å². The molecule has 3 amide bonds. The number of anilines is 1. The van der Waals surface area contributed by atoms with Gasteiger partial charge in [-0.3, -0.25) is 9.69 Å². The monoisotopic (exact) mass is 319 g/mol. The highest BCUT2D eigenvalue weighted by Gasteiger charge is 2.26. The molecular weight excluding hydrogens is 297 g/mol. The number of likely N-dealkylation sites (tertiary alicyclic amines) is 1. The molecule has 23 heavy (non-hydrogen) atoms. The molecule has 0 radical (unpaired) electrons. The third kappa shape index (κ3) is 3.46. The number of urea groups is 1. The van der Waals surface area contributed by atoms with E-state index >= 15 is 0 Å². The maximum atomic E-state index is 13.2. The van der Waals surface area contributed by atoms with Gasteiger partial charge in [0.05, 0.1) is 0 Å². The number of carbonyl (C=O) groups is 2. The van der Waals surface area contributed by atoms with Gasteiger partial charge in [0.2, 0.25) is 5.91 Å². The van der Waals surface area contributed by atoms with Gasteiger partial charge in [0, 0.05) is 38.8 Å². The van der Waals surface area contributed by atoms with Crippen LogP contribution in [0.25, 0.3) is 0 Å². The normalized spacial score (nSPS) is 20.3. The van der Waals surface area contributed by atoms with Crippen LogP contribution < -0.4 is 10.2 Å². The molecule has 1 aromatic rings. The molecule has 1 saturated heterocycles. The van der Waals surface area contributed by atoms with Gasteiger partial charge in [0.25, 0.3) is 0 Å². The third-order valence-corrected chi connectivity index (χ3v) is 4.69. The van der Waals surface area contributed by atoms with E-state index in [4.69, 9.17) is 0 Å². The molecule has 5 nitrogen and oxygen atoms in total. The summed E-state index contributed by atoms with van der Waals surface area (Å²) in [5, 5.41) is 2.96. The van der Waals surface area contributed by atoms with Crippen LogP contribution in [0, 0.1) is 11.7 Å². The molecule has 1 fully saturated rings. The lowest BCUT2D eigenvalue weighted by atomic mass is 9.98. The standard InChI is InChI=1S/C17H22FN3O2/c1-12(22)20-7-2-3-13(11-20)10-19-17(23)21-8-6-14-9-15(18)4-5-16(14)21/h4-5,9,13H,2-3,6-8,10-11H2,1H3,(H,19,23). The highest BCUT2D eigenvalue weighted by Crippen LogP contribution is 2.28. The highest BCUT2D eigenvalue weighted by atomic mass is 19.1. The number of hydrogen-bond donors (Lipinski definition) is 1. The highest BCUT2D eigenvalue weighted by molar-refractivity contribution is 5.94. The molecule has 2 heterocycles. The van der Waals surface area contributed by atoms with Crippen LogP contribution >= 0.6 is 0 Å². The van der Waals surface area contributed by atoms with Crippen molar-refractivity contribution in [3.8, 4) is 0 Å². The zero-order chi connectivity index (χ0) is 16.4. The lowest BCUT2D eigenvalue weighted by molar-refractivity contribution is -0.130. The lowest BCUT2D eigenvalue weighted by Crippen LogP contribution is -2.45. The van der Waals surface area contributed by atoms with Crippen LogP contribution in [0.5, 0.6) is 0 Å². The molecule has 0 bridgehead atoms. The van der Waals surface area contributed by atoms with Gasteiger partial charge in [-0.2, -0.15) is 0 Å². The van der Waals surface area contributed by atoms with E-state index in [0.29, 0.717) is 32.0 Å².